The highest BCUT2D eigenvalue weighted by Crippen LogP contribution is 2.31. The van der Waals surface area contributed by atoms with Gasteiger partial charge in [0.2, 0.25) is 0 Å². The molecular formula is C14H20FNO2. The fourth-order valence-corrected chi connectivity index (χ4v) is 2.57. The lowest BCUT2D eigenvalue weighted by Crippen LogP contribution is -2.38. The molecule has 1 unspecified atom stereocenters. The molecule has 1 aliphatic heterocycles. The predicted molar refractivity (Wildman–Crippen MR) is 68.1 cm³/mol. The largest absolute Gasteiger partial charge is 0.508 e. The molecule has 1 atom stereocenters. The second-order valence-corrected chi connectivity index (χ2v) is 4.85. The second kappa shape index (κ2) is 5.67. The maximum Gasteiger partial charge on any atom is 0.126 e. The van der Waals surface area contributed by atoms with E-state index in [0.29, 0.717) is 6.10 Å². The van der Waals surface area contributed by atoms with E-state index in [9.17, 15) is 9.50 Å². The summed E-state index contributed by atoms with van der Waals surface area (Å²) in [5.74, 6) is -0.363. The Morgan fingerprint density at radius 2 is 2.06 bits per heavy atom. The van der Waals surface area contributed by atoms with Gasteiger partial charge in [-0.3, -0.25) is 4.90 Å². The number of rotatable bonds is 3. The SMILES string of the molecule is COC1CCN(C(C)c2ccc(F)cc2O)CC1. The summed E-state index contributed by atoms with van der Waals surface area (Å²) in [7, 11) is 1.75. The molecule has 0 aromatic heterocycles. The quantitative estimate of drug-likeness (QED) is 0.899. The third kappa shape index (κ3) is 2.82. The molecule has 1 heterocycles. The zero-order chi connectivity index (χ0) is 13.1. The number of phenols is 1. The average Bonchev–Trinajstić information content (AvgIpc) is 2.38. The summed E-state index contributed by atoms with van der Waals surface area (Å²) in [4.78, 5) is 2.29. The summed E-state index contributed by atoms with van der Waals surface area (Å²) in [6.07, 6.45) is 2.35. The number of nitrogens with zero attached hydrogens (tertiary/aromatic N) is 1. The normalized spacial score (nSPS) is 19.9. The van der Waals surface area contributed by atoms with Crippen molar-refractivity contribution in [1.82, 2.24) is 4.90 Å². The summed E-state index contributed by atoms with van der Waals surface area (Å²) in [6.45, 7) is 3.92. The number of methoxy groups -OCH3 is 1. The van der Waals surface area contributed by atoms with Crippen molar-refractivity contribution in [3.8, 4) is 5.75 Å². The Bertz CT molecular complexity index is 403. The van der Waals surface area contributed by atoms with E-state index >= 15 is 0 Å². The van der Waals surface area contributed by atoms with Crippen LogP contribution in [0.3, 0.4) is 0 Å². The first-order valence-corrected chi connectivity index (χ1v) is 6.37. The zero-order valence-electron chi connectivity index (χ0n) is 10.9. The maximum atomic E-state index is 13.0. The van der Waals surface area contributed by atoms with E-state index in [1.54, 1.807) is 13.2 Å². The van der Waals surface area contributed by atoms with Crippen LogP contribution in [-0.2, 0) is 4.74 Å². The minimum Gasteiger partial charge on any atom is -0.508 e. The van der Waals surface area contributed by atoms with E-state index < -0.39 is 5.82 Å². The molecule has 1 N–H and O–H groups in total. The molecule has 100 valence electrons. The number of ether oxygens (including phenoxy) is 1. The van der Waals surface area contributed by atoms with Crippen molar-refractivity contribution >= 4 is 0 Å². The maximum absolute atomic E-state index is 13.0. The first-order valence-electron chi connectivity index (χ1n) is 6.37. The molecule has 1 aromatic carbocycles. The lowest BCUT2D eigenvalue weighted by atomic mass is 10.0. The summed E-state index contributed by atoms with van der Waals surface area (Å²) in [5, 5.41) is 9.80. The Morgan fingerprint density at radius 3 is 2.61 bits per heavy atom. The minimum absolute atomic E-state index is 0.0383. The van der Waals surface area contributed by atoms with Crippen molar-refractivity contribution in [2.45, 2.75) is 31.9 Å². The highest BCUT2D eigenvalue weighted by molar-refractivity contribution is 5.35. The molecule has 1 aromatic rings. The Morgan fingerprint density at radius 1 is 1.39 bits per heavy atom. The van der Waals surface area contributed by atoms with Crippen molar-refractivity contribution in [3.63, 3.8) is 0 Å². The van der Waals surface area contributed by atoms with Gasteiger partial charge in [0.05, 0.1) is 6.10 Å². The first kappa shape index (κ1) is 13.3. The highest BCUT2D eigenvalue weighted by Gasteiger charge is 2.24. The Balaban J connectivity index is 2.05. The van der Waals surface area contributed by atoms with Crippen molar-refractivity contribution < 1.29 is 14.2 Å². The molecule has 18 heavy (non-hydrogen) atoms. The molecule has 0 aliphatic carbocycles. The number of piperidine rings is 1. The van der Waals surface area contributed by atoms with Gasteiger partial charge >= 0.3 is 0 Å². The summed E-state index contributed by atoms with van der Waals surface area (Å²) >= 11 is 0. The molecule has 4 heteroatoms. The van der Waals surface area contributed by atoms with E-state index in [4.69, 9.17) is 4.74 Å². The van der Waals surface area contributed by atoms with Crippen LogP contribution < -0.4 is 0 Å². The number of hydrogen-bond acceptors (Lipinski definition) is 3. The fraction of sp³-hybridized carbons (Fsp3) is 0.571. The van der Waals surface area contributed by atoms with Crippen LogP contribution in [0.25, 0.3) is 0 Å². The van der Waals surface area contributed by atoms with Crippen LogP contribution in [0.1, 0.15) is 31.4 Å². The lowest BCUT2D eigenvalue weighted by Gasteiger charge is -2.35. The van der Waals surface area contributed by atoms with Crippen LogP contribution in [0.15, 0.2) is 18.2 Å². The van der Waals surface area contributed by atoms with Gasteiger partial charge in [0.25, 0.3) is 0 Å². The standard InChI is InChI=1S/C14H20FNO2/c1-10(13-4-3-11(15)9-14(13)17)16-7-5-12(18-2)6-8-16/h3-4,9-10,12,17H,5-8H2,1-2H3. The molecule has 0 spiro atoms. The number of halogens is 1. The van der Waals surface area contributed by atoms with Gasteiger partial charge in [-0.25, -0.2) is 4.39 Å². The highest BCUT2D eigenvalue weighted by atomic mass is 19.1. The van der Waals surface area contributed by atoms with Crippen molar-refractivity contribution in [2.75, 3.05) is 20.2 Å². The van der Waals surface area contributed by atoms with Crippen molar-refractivity contribution in [2.24, 2.45) is 0 Å². The molecule has 0 bridgehead atoms. The number of aromatic hydroxyl groups is 1. The third-order valence-corrected chi connectivity index (χ3v) is 3.80. The van der Waals surface area contributed by atoms with Gasteiger partial charge in [0.1, 0.15) is 11.6 Å². The van der Waals surface area contributed by atoms with E-state index in [1.165, 1.54) is 12.1 Å². The van der Waals surface area contributed by atoms with Gasteiger partial charge in [-0.05, 0) is 25.8 Å². The second-order valence-electron chi connectivity index (χ2n) is 4.85. The van der Waals surface area contributed by atoms with Crippen molar-refractivity contribution in [3.05, 3.63) is 29.6 Å². The molecule has 1 fully saturated rings. The fourth-order valence-electron chi connectivity index (χ4n) is 2.57. The van der Waals surface area contributed by atoms with Gasteiger partial charge in [-0.2, -0.15) is 0 Å². The van der Waals surface area contributed by atoms with Crippen LogP contribution in [0.5, 0.6) is 5.75 Å². The number of benzene rings is 1. The average molecular weight is 253 g/mol. The van der Waals surface area contributed by atoms with Crippen LogP contribution >= 0.6 is 0 Å². The molecule has 2 rings (SSSR count). The summed E-state index contributed by atoms with van der Waals surface area (Å²) in [6, 6.07) is 4.34. The molecule has 0 saturated carbocycles. The smallest absolute Gasteiger partial charge is 0.126 e. The van der Waals surface area contributed by atoms with Gasteiger partial charge in [0, 0.05) is 37.9 Å². The van der Waals surface area contributed by atoms with Crippen LogP contribution in [0.2, 0.25) is 0 Å². The van der Waals surface area contributed by atoms with Crippen LogP contribution in [-0.4, -0.2) is 36.3 Å². The zero-order valence-corrected chi connectivity index (χ0v) is 10.9. The van der Waals surface area contributed by atoms with E-state index in [0.717, 1.165) is 31.5 Å². The third-order valence-electron chi connectivity index (χ3n) is 3.80. The Kier molecular flexibility index (Phi) is 4.19. The molecule has 1 aliphatic rings. The van der Waals surface area contributed by atoms with E-state index in [1.807, 2.05) is 6.92 Å². The van der Waals surface area contributed by atoms with Crippen LogP contribution in [0.4, 0.5) is 4.39 Å². The minimum atomic E-state index is -0.401. The Hall–Kier alpha value is -1.13. The predicted octanol–water partition coefficient (Wildman–Crippen LogP) is 2.70. The van der Waals surface area contributed by atoms with Crippen molar-refractivity contribution in [1.29, 1.82) is 0 Å². The Labute approximate surface area is 107 Å². The summed E-state index contributed by atoms with van der Waals surface area (Å²) < 4.78 is 18.3. The van der Waals surface area contributed by atoms with Gasteiger partial charge < -0.3 is 9.84 Å². The first-order chi connectivity index (χ1) is 8.61. The molecule has 1 saturated heterocycles. The monoisotopic (exact) mass is 253 g/mol. The van der Waals surface area contributed by atoms with E-state index in [-0.39, 0.29) is 11.8 Å². The molecular weight excluding hydrogens is 233 g/mol. The topological polar surface area (TPSA) is 32.7 Å². The van der Waals surface area contributed by atoms with Gasteiger partial charge in [-0.15, -0.1) is 0 Å². The van der Waals surface area contributed by atoms with Gasteiger partial charge in [0.15, 0.2) is 0 Å². The molecule has 3 nitrogen and oxygen atoms in total. The van der Waals surface area contributed by atoms with E-state index in [2.05, 4.69) is 4.90 Å². The van der Waals surface area contributed by atoms with Crippen LogP contribution in [0, 0.1) is 5.82 Å². The molecule has 0 amide bonds. The lowest BCUT2D eigenvalue weighted by molar-refractivity contribution is 0.0292. The number of phenolic OH excluding ortho intramolecular Hbond substituents is 1. The number of likely N-dealkylation sites (tertiary alicyclic amines) is 1. The van der Waals surface area contributed by atoms with Gasteiger partial charge in [-0.1, -0.05) is 6.07 Å². The summed E-state index contributed by atoms with van der Waals surface area (Å²) in [5.41, 5.74) is 0.785. The number of hydrogen-bond donors (Lipinski definition) is 1. The molecule has 0 radical (unpaired) electrons.